The number of benzene rings is 1. The van der Waals surface area contributed by atoms with E-state index >= 15 is 0 Å². The summed E-state index contributed by atoms with van der Waals surface area (Å²) >= 11 is 0. The van der Waals surface area contributed by atoms with Gasteiger partial charge in [0, 0.05) is 26.2 Å². The second-order valence-corrected chi connectivity index (χ2v) is 7.36. The third-order valence-corrected chi connectivity index (χ3v) is 4.98. The number of carbonyl (C=O) groups is 2. The Kier molecular flexibility index (Phi) is 7.85. The van der Waals surface area contributed by atoms with E-state index in [1.54, 1.807) is 19.9 Å². The molecule has 0 saturated heterocycles. The van der Waals surface area contributed by atoms with Crippen LogP contribution < -0.4 is 10.1 Å². The molecule has 0 heterocycles. The molecule has 0 bridgehead atoms. The van der Waals surface area contributed by atoms with Crippen LogP contribution in [-0.4, -0.2) is 51.9 Å². The zero-order chi connectivity index (χ0) is 19.0. The monoisotopic (exact) mass is 372 g/mol. The first-order chi connectivity index (χ1) is 11.7. The van der Waals surface area contributed by atoms with Crippen molar-refractivity contribution in [2.45, 2.75) is 31.6 Å². The first-order valence-electron chi connectivity index (χ1n) is 7.87. The van der Waals surface area contributed by atoms with Crippen molar-refractivity contribution in [2.75, 3.05) is 32.6 Å². The van der Waals surface area contributed by atoms with E-state index in [-0.39, 0.29) is 30.1 Å². The molecule has 0 aromatic heterocycles. The summed E-state index contributed by atoms with van der Waals surface area (Å²) in [5.41, 5.74) is 0.303. The molecule has 25 heavy (non-hydrogen) atoms. The van der Waals surface area contributed by atoms with Crippen LogP contribution in [0, 0.1) is 0 Å². The highest BCUT2D eigenvalue weighted by molar-refractivity contribution is 7.89. The summed E-state index contributed by atoms with van der Waals surface area (Å²) in [6, 6.07) is 4.37. The molecular weight excluding hydrogens is 348 g/mol. The van der Waals surface area contributed by atoms with Gasteiger partial charge in [0.15, 0.2) is 0 Å². The van der Waals surface area contributed by atoms with Gasteiger partial charge in [-0.15, -0.1) is 0 Å². The third kappa shape index (κ3) is 6.02. The number of nitrogens with zero attached hydrogens (tertiary/aromatic N) is 1. The van der Waals surface area contributed by atoms with E-state index in [1.165, 1.54) is 26.2 Å². The van der Waals surface area contributed by atoms with Gasteiger partial charge in [-0.2, -0.15) is 0 Å². The van der Waals surface area contributed by atoms with Gasteiger partial charge in [0.2, 0.25) is 15.9 Å². The van der Waals surface area contributed by atoms with Crippen LogP contribution in [0.15, 0.2) is 23.1 Å². The van der Waals surface area contributed by atoms with Gasteiger partial charge in [0.25, 0.3) is 0 Å². The smallest absolute Gasteiger partial charge is 0.306 e. The van der Waals surface area contributed by atoms with Crippen molar-refractivity contribution in [1.29, 1.82) is 0 Å². The summed E-state index contributed by atoms with van der Waals surface area (Å²) in [4.78, 5) is 23.2. The third-order valence-electron chi connectivity index (χ3n) is 3.15. The van der Waals surface area contributed by atoms with E-state index in [4.69, 9.17) is 9.47 Å². The van der Waals surface area contributed by atoms with Crippen LogP contribution in [0.25, 0.3) is 0 Å². The quantitative estimate of drug-likeness (QED) is 0.661. The predicted molar refractivity (Wildman–Crippen MR) is 93.0 cm³/mol. The maximum atomic E-state index is 12.4. The number of carbonyl (C=O) groups excluding carboxylic acids is 2. The second-order valence-electron chi connectivity index (χ2n) is 5.24. The van der Waals surface area contributed by atoms with E-state index in [0.717, 1.165) is 4.31 Å². The molecule has 9 heteroatoms. The molecule has 0 atom stereocenters. The largest absolute Gasteiger partial charge is 0.492 e. The second kappa shape index (κ2) is 9.38. The molecule has 0 radical (unpaired) electrons. The predicted octanol–water partition coefficient (Wildman–Crippen LogP) is 1.62. The Labute approximate surface area is 148 Å². The molecule has 0 fully saturated rings. The Morgan fingerprint density at radius 1 is 1.12 bits per heavy atom. The Hall–Kier alpha value is -2.13. The fourth-order valence-corrected chi connectivity index (χ4v) is 2.98. The van der Waals surface area contributed by atoms with E-state index in [1.807, 2.05) is 0 Å². The van der Waals surface area contributed by atoms with Gasteiger partial charge in [0.1, 0.15) is 10.6 Å². The molecule has 0 aliphatic rings. The Balaban J connectivity index is 2.95. The van der Waals surface area contributed by atoms with Crippen molar-refractivity contribution in [3.05, 3.63) is 18.2 Å². The fourth-order valence-electron chi connectivity index (χ4n) is 1.93. The van der Waals surface area contributed by atoms with E-state index < -0.39 is 21.9 Å². The number of rotatable bonds is 9. The summed E-state index contributed by atoms with van der Waals surface area (Å²) in [6.45, 7) is 3.99. The average molecular weight is 372 g/mol. The van der Waals surface area contributed by atoms with Crippen molar-refractivity contribution in [3.8, 4) is 5.75 Å². The van der Waals surface area contributed by atoms with Gasteiger partial charge in [0.05, 0.1) is 19.6 Å². The highest BCUT2D eigenvalue weighted by Gasteiger charge is 2.23. The lowest BCUT2D eigenvalue weighted by Crippen LogP contribution is -2.23. The summed E-state index contributed by atoms with van der Waals surface area (Å²) in [7, 11) is -0.913. The van der Waals surface area contributed by atoms with E-state index in [2.05, 4.69) is 5.32 Å². The Bertz CT molecular complexity index is 715. The number of esters is 1. The minimum atomic E-state index is -3.74. The van der Waals surface area contributed by atoms with E-state index in [0.29, 0.717) is 12.3 Å². The normalized spacial score (nSPS) is 11.2. The van der Waals surface area contributed by atoms with Crippen LogP contribution in [0.1, 0.15) is 26.7 Å². The molecule has 140 valence electrons. The Morgan fingerprint density at radius 2 is 1.80 bits per heavy atom. The van der Waals surface area contributed by atoms with E-state index in [9.17, 15) is 18.0 Å². The number of hydrogen-bond donors (Lipinski definition) is 1. The molecule has 0 aliphatic heterocycles. The van der Waals surface area contributed by atoms with Gasteiger partial charge in [-0.3, -0.25) is 9.59 Å². The molecule has 1 aromatic carbocycles. The molecule has 1 N–H and O–H groups in total. The van der Waals surface area contributed by atoms with Crippen LogP contribution in [0.3, 0.4) is 0 Å². The summed E-state index contributed by atoms with van der Waals surface area (Å²) in [6.07, 6.45) is -0.0959. The number of amides is 1. The number of ether oxygens (including phenoxy) is 2. The standard InChI is InChI=1S/C16H24N2O6S/c1-5-23-13-8-7-12(11-14(13)25(21,22)18(3)4)17-15(19)9-10-16(20)24-6-2/h7-8,11H,5-6,9-10H2,1-4H3,(H,17,19). The molecule has 0 spiro atoms. The van der Waals surface area contributed by atoms with Crippen LogP contribution in [0.2, 0.25) is 0 Å². The van der Waals surface area contributed by atoms with Gasteiger partial charge in [-0.05, 0) is 32.0 Å². The highest BCUT2D eigenvalue weighted by atomic mass is 32.2. The van der Waals surface area contributed by atoms with Gasteiger partial charge < -0.3 is 14.8 Å². The average Bonchev–Trinajstić information content (AvgIpc) is 2.54. The molecular formula is C16H24N2O6S. The Morgan fingerprint density at radius 3 is 2.36 bits per heavy atom. The number of anilines is 1. The zero-order valence-electron chi connectivity index (χ0n) is 14.9. The lowest BCUT2D eigenvalue weighted by Gasteiger charge is -2.16. The van der Waals surface area contributed by atoms with Gasteiger partial charge in [-0.1, -0.05) is 0 Å². The minimum Gasteiger partial charge on any atom is -0.492 e. The molecule has 1 rings (SSSR count). The molecule has 0 aliphatic carbocycles. The van der Waals surface area contributed by atoms with Gasteiger partial charge >= 0.3 is 5.97 Å². The van der Waals surface area contributed by atoms with Crippen molar-refractivity contribution < 1.29 is 27.5 Å². The maximum Gasteiger partial charge on any atom is 0.306 e. The van der Waals surface area contributed by atoms with Crippen molar-refractivity contribution in [3.63, 3.8) is 0 Å². The van der Waals surface area contributed by atoms with Crippen LogP contribution in [0.5, 0.6) is 5.75 Å². The molecule has 0 unspecified atom stereocenters. The fraction of sp³-hybridized carbons (Fsp3) is 0.500. The first-order valence-corrected chi connectivity index (χ1v) is 9.31. The minimum absolute atomic E-state index is 0.0393. The van der Waals surface area contributed by atoms with Crippen LogP contribution >= 0.6 is 0 Å². The van der Waals surface area contributed by atoms with Gasteiger partial charge in [-0.25, -0.2) is 12.7 Å². The zero-order valence-corrected chi connectivity index (χ0v) is 15.7. The summed E-state index contributed by atoms with van der Waals surface area (Å²) < 4.78 is 36.0. The summed E-state index contributed by atoms with van der Waals surface area (Å²) in [5.74, 6) is -0.661. The maximum absolute atomic E-state index is 12.4. The molecule has 1 aromatic rings. The number of nitrogens with one attached hydrogen (secondary N) is 1. The lowest BCUT2D eigenvalue weighted by atomic mass is 10.2. The lowest BCUT2D eigenvalue weighted by molar-refractivity contribution is -0.144. The van der Waals surface area contributed by atoms with Crippen molar-refractivity contribution >= 4 is 27.6 Å². The van der Waals surface area contributed by atoms with Crippen molar-refractivity contribution in [1.82, 2.24) is 4.31 Å². The first kappa shape index (κ1) is 20.9. The SMILES string of the molecule is CCOC(=O)CCC(=O)Nc1ccc(OCC)c(S(=O)(=O)N(C)C)c1. The molecule has 8 nitrogen and oxygen atoms in total. The molecule has 0 saturated carbocycles. The number of hydrogen-bond acceptors (Lipinski definition) is 6. The topological polar surface area (TPSA) is 102 Å². The van der Waals surface area contributed by atoms with Crippen LogP contribution in [0.4, 0.5) is 5.69 Å². The molecule has 1 amide bonds. The summed E-state index contributed by atoms with van der Waals surface area (Å²) in [5, 5.41) is 2.57. The highest BCUT2D eigenvalue weighted by Crippen LogP contribution is 2.29. The number of sulfonamides is 1. The van der Waals surface area contributed by atoms with Crippen molar-refractivity contribution in [2.24, 2.45) is 0 Å². The van der Waals surface area contributed by atoms with Crippen LogP contribution in [-0.2, 0) is 24.3 Å².